The van der Waals surface area contributed by atoms with E-state index in [1.807, 2.05) is 29.9 Å². The van der Waals surface area contributed by atoms with Crippen molar-refractivity contribution in [3.63, 3.8) is 0 Å². The van der Waals surface area contributed by atoms with Gasteiger partial charge in [0.2, 0.25) is 0 Å². The molecule has 0 saturated heterocycles. The molecule has 1 aromatic heterocycles. The van der Waals surface area contributed by atoms with Gasteiger partial charge in [-0.05, 0) is 18.6 Å². The molecule has 0 radical (unpaired) electrons. The Morgan fingerprint density at radius 2 is 2.07 bits per heavy atom. The molecule has 0 unspecified atom stereocenters. The van der Waals surface area contributed by atoms with E-state index in [1.54, 1.807) is 0 Å². The van der Waals surface area contributed by atoms with Crippen molar-refractivity contribution < 1.29 is 0 Å². The quantitative estimate of drug-likeness (QED) is 0.806. The fourth-order valence-electron chi connectivity index (χ4n) is 1.69. The highest BCUT2D eigenvalue weighted by Crippen LogP contribution is 2.22. The number of nitrogens with two attached hydrogens (primary N) is 1. The van der Waals surface area contributed by atoms with Gasteiger partial charge in [0, 0.05) is 19.2 Å². The zero-order chi connectivity index (χ0) is 10.8. The lowest BCUT2D eigenvalue weighted by Gasteiger charge is -2.00. The van der Waals surface area contributed by atoms with E-state index in [4.69, 9.17) is 5.73 Å². The van der Waals surface area contributed by atoms with Crippen LogP contribution in [0.1, 0.15) is 11.3 Å². The van der Waals surface area contributed by atoms with Gasteiger partial charge in [0.05, 0.1) is 11.4 Å². The molecule has 0 aliphatic heterocycles. The van der Waals surface area contributed by atoms with Crippen molar-refractivity contribution in [1.29, 1.82) is 0 Å². The Labute approximate surface area is 89.5 Å². The monoisotopic (exact) mass is 201 g/mol. The summed E-state index contributed by atoms with van der Waals surface area (Å²) in [4.78, 5) is 0. The highest BCUT2D eigenvalue weighted by molar-refractivity contribution is 5.63. The summed E-state index contributed by atoms with van der Waals surface area (Å²) in [6, 6.07) is 10.3. The van der Waals surface area contributed by atoms with Crippen molar-refractivity contribution in [3.05, 3.63) is 41.6 Å². The molecule has 0 aliphatic carbocycles. The van der Waals surface area contributed by atoms with E-state index in [9.17, 15) is 0 Å². The van der Waals surface area contributed by atoms with Crippen molar-refractivity contribution in [2.75, 3.05) is 0 Å². The molecule has 1 heterocycles. The standard InChI is InChI=1S/C12H15N3/c1-9-5-3-4-6-11(9)12-7-10(8-13)15(2)14-12/h3-7H,8,13H2,1-2H3. The molecule has 2 rings (SSSR count). The Balaban J connectivity index is 2.50. The van der Waals surface area contributed by atoms with Crippen LogP contribution in [-0.2, 0) is 13.6 Å². The van der Waals surface area contributed by atoms with Gasteiger partial charge in [0.25, 0.3) is 0 Å². The number of aromatic nitrogens is 2. The molecule has 0 fully saturated rings. The Bertz CT molecular complexity index is 471. The van der Waals surface area contributed by atoms with Crippen LogP contribution in [0.3, 0.4) is 0 Å². The number of benzene rings is 1. The van der Waals surface area contributed by atoms with E-state index in [0.717, 1.165) is 11.4 Å². The molecule has 3 nitrogen and oxygen atoms in total. The van der Waals surface area contributed by atoms with Crippen LogP contribution in [0.25, 0.3) is 11.3 Å². The Morgan fingerprint density at radius 1 is 1.33 bits per heavy atom. The van der Waals surface area contributed by atoms with Crippen LogP contribution in [0.5, 0.6) is 0 Å². The minimum atomic E-state index is 0.523. The molecule has 0 saturated carbocycles. The van der Waals surface area contributed by atoms with E-state index in [2.05, 4.69) is 24.2 Å². The third-order valence-electron chi connectivity index (χ3n) is 2.61. The lowest BCUT2D eigenvalue weighted by Crippen LogP contribution is -2.03. The van der Waals surface area contributed by atoms with E-state index < -0.39 is 0 Å². The van der Waals surface area contributed by atoms with Crippen molar-refractivity contribution in [2.24, 2.45) is 12.8 Å². The third-order valence-corrected chi connectivity index (χ3v) is 2.61. The molecule has 15 heavy (non-hydrogen) atoms. The predicted molar refractivity (Wildman–Crippen MR) is 61.3 cm³/mol. The van der Waals surface area contributed by atoms with Crippen LogP contribution < -0.4 is 5.73 Å². The molecule has 0 atom stereocenters. The van der Waals surface area contributed by atoms with E-state index in [0.29, 0.717) is 6.54 Å². The number of nitrogens with zero attached hydrogens (tertiary/aromatic N) is 2. The third kappa shape index (κ3) is 1.78. The van der Waals surface area contributed by atoms with Crippen molar-refractivity contribution in [3.8, 4) is 11.3 Å². The van der Waals surface area contributed by atoms with Crippen molar-refractivity contribution >= 4 is 0 Å². The molecule has 2 aromatic rings. The fourth-order valence-corrected chi connectivity index (χ4v) is 1.69. The van der Waals surface area contributed by atoms with Gasteiger partial charge in [-0.2, -0.15) is 5.10 Å². The maximum atomic E-state index is 5.62. The van der Waals surface area contributed by atoms with Crippen molar-refractivity contribution in [2.45, 2.75) is 13.5 Å². The van der Waals surface area contributed by atoms with Gasteiger partial charge in [-0.1, -0.05) is 24.3 Å². The molecule has 0 bridgehead atoms. The second-order valence-electron chi connectivity index (χ2n) is 3.66. The molecular weight excluding hydrogens is 186 g/mol. The first-order valence-electron chi connectivity index (χ1n) is 5.01. The summed E-state index contributed by atoms with van der Waals surface area (Å²) in [5.41, 5.74) is 10.1. The average Bonchev–Trinajstić information content (AvgIpc) is 2.60. The van der Waals surface area contributed by atoms with Crippen LogP contribution in [-0.4, -0.2) is 9.78 Å². The summed E-state index contributed by atoms with van der Waals surface area (Å²) >= 11 is 0. The lowest BCUT2D eigenvalue weighted by atomic mass is 10.1. The first kappa shape index (κ1) is 9.93. The van der Waals surface area contributed by atoms with Crippen molar-refractivity contribution in [1.82, 2.24) is 9.78 Å². The molecule has 0 spiro atoms. The summed E-state index contributed by atoms with van der Waals surface area (Å²) in [7, 11) is 1.92. The molecule has 2 N–H and O–H groups in total. The van der Waals surface area contributed by atoms with Gasteiger partial charge >= 0.3 is 0 Å². The van der Waals surface area contributed by atoms with Crippen LogP contribution in [0.4, 0.5) is 0 Å². The topological polar surface area (TPSA) is 43.8 Å². The second kappa shape index (κ2) is 3.87. The first-order chi connectivity index (χ1) is 7.22. The van der Waals surface area contributed by atoms with E-state index >= 15 is 0 Å². The van der Waals surface area contributed by atoms with E-state index in [1.165, 1.54) is 11.1 Å². The molecule has 0 aliphatic rings. The normalized spacial score (nSPS) is 10.6. The highest BCUT2D eigenvalue weighted by Gasteiger charge is 2.07. The number of rotatable bonds is 2. The first-order valence-corrected chi connectivity index (χ1v) is 5.01. The average molecular weight is 201 g/mol. The van der Waals surface area contributed by atoms with Crippen LogP contribution >= 0.6 is 0 Å². The smallest absolute Gasteiger partial charge is 0.0929 e. The molecular formula is C12H15N3. The Hall–Kier alpha value is -1.61. The number of hydrogen-bond acceptors (Lipinski definition) is 2. The zero-order valence-corrected chi connectivity index (χ0v) is 9.07. The van der Waals surface area contributed by atoms with Crippen LogP contribution in [0.15, 0.2) is 30.3 Å². The molecule has 78 valence electrons. The maximum Gasteiger partial charge on any atom is 0.0929 e. The van der Waals surface area contributed by atoms with Gasteiger partial charge < -0.3 is 5.73 Å². The fraction of sp³-hybridized carbons (Fsp3) is 0.250. The Morgan fingerprint density at radius 3 is 2.67 bits per heavy atom. The van der Waals surface area contributed by atoms with Gasteiger partial charge in [0.15, 0.2) is 0 Å². The highest BCUT2D eigenvalue weighted by atomic mass is 15.3. The number of hydrogen-bond donors (Lipinski definition) is 1. The SMILES string of the molecule is Cc1ccccc1-c1cc(CN)n(C)n1. The molecule has 0 amide bonds. The van der Waals surface area contributed by atoms with Gasteiger partial charge in [-0.3, -0.25) is 4.68 Å². The molecule has 3 heteroatoms. The van der Waals surface area contributed by atoms with E-state index in [-0.39, 0.29) is 0 Å². The Kier molecular flexibility index (Phi) is 2.56. The second-order valence-corrected chi connectivity index (χ2v) is 3.66. The largest absolute Gasteiger partial charge is 0.325 e. The summed E-state index contributed by atoms with van der Waals surface area (Å²) in [6.45, 7) is 2.61. The van der Waals surface area contributed by atoms with Gasteiger partial charge in [-0.25, -0.2) is 0 Å². The summed E-state index contributed by atoms with van der Waals surface area (Å²) < 4.78 is 1.84. The van der Waals surface area contributed by atoms with Gasteiger partial charge in [-0.15, -0.1) is 0 Å². The van der Waals surface area contributed by atoms with Crippen LogP contribution in [0.2, 0.25) is 0 Å². The minimum Gasteiger partial charge on any atom is -0.325 e. The lowest BCUT2D eigenvalue weighted by molar-refractivity contribution is 0.714. The molecule has 1 aromatic carbocycles. The van der Waals surface area contributed by atoms with Crippen LogP contribution in [0, 0.1) is 6.92 Å². The predicted octanol–water partition coefficient (Wildman–Crippen LogP) is 1.85. The summed E-state index contributed by atoms with van der Waals surface area (Å²) in [5.74, 6) is 0. The number of aryl methyl sites for hydroxylation is 2. The maximum absolute atomic E-state index is 5.62. The van der Waals surface area contributed by atoms with Gasteiger partial charge in [0.1, 0.15) is 0 Å². The minimum absolute atomic E-state index is 0.523. The summed E-state index contributed by atoms with van der Waals surface area (Å²) in [6.07, 6.45) is 0. The zero-order valence-electron chi connectivity index (χ0n) is 9.07. The summed E-state index contributed by atoms with van der Waals surface area (Å²) in [5, 5.41) is 4.45.